The van der Waals surface area contributed by atoms with Crippen LogP contribution in [0.1, 0.15) is 116 Å². The van der Waals surface area contributed by atoms with Crippen LogP contribution in [0, 0.1) is 11.6 Å². The lowest BCUT2D eigenvalue weighted by atomic mass is 9.96. The van der Waals surface area contributed by atoms with Gasteiger partial charge in [0.05, 0.1) is 13.1 Å². The molecule has 0 radical (unpaired) electrons. The van der Waals surface area contributed by atoms with Crippen molar-refractivity contribution >= 4 is 5.84 Å². The first-order valence-corrected chi connectivity index (χ1v) is 14.1. The molecule has 2 heterocycles. The molecule has 1 unspecified atom stereocenters. The Morgan fingerprint density at radius 2 is 1.50 bits per heavy atom. The average Bonchev–Trinajstić information content (AvgIpc) is 3.03. The van der Waals surface area contributed by atoms with Gasteiger partial charge in [0.1, 0.15) is 18.2 Å². The molecule has 1 atom stereocenters. The predicted octanol–water partition coefficient (Wildman–Crippen LogP) is 4.72. The lowest BCUT2D eigenvalue weighted by Crippen LogP contribution is -3.00. The van der Waals surface area contributed by atoms with Crippen LogP contribution >= 0.6 is 0 Å². The number of hydrogen-bond donors (Lipinski definition) is 1. The molecule has 0 fully saturated rings. The van der Waals surface area contributed by atoms with E-state index in [0.29, 0.717) is 12.1 Å². The fourth-order valence-electron chi connectivity index (χ4n) is 5.82. The number of benzene rings is 1. The zero-order chi connectivity index (χ0) is 25.3. The highest BCUT2D eigenvalue weighted by Gasteiger charge is 2.53. The van der Waals surface area contributed by atoms with Gasteiger partial charge in [-0.1, -0.05) is 77.6 Å². The van der Waals surface area contributed by atoms with Crippen LogP contribution in [-0.4, -0.2) is 39.2 Å². The lowest BCUT2D eigenvalue weighted by Gasteiger charge is -2.34. The molecule has 0 amide bonds. The molecule has 0 aromatic heterocycles. The van der Waals surface area contributed by atoms with Crippen molar-refractivity contribution in [3.63, 3.8) is 0 Å². The quantitative estimate of drug-likeness (QED) is 0.245. The maximum atomic E-state index is 14.3. The van der Waals surface area contributed by atoms with Gasteiger partial charge in [0.25, 0.3) is 5.84 Å². The number of amidine groups is 1. The minimum Gasteiger partial charge on any atom is -1.00 e. The van der Waals surface area contributed by atoms with Crippen LogP contribution in [0.4, 0.5) is 8.78 Å². The first-order valence-electron chi connectivity index (χ1n) is 14.1. The minimum absolute atomic E-state index is 0. The zero-order valence-electron chi connectivity index (χ0n) is 22.7. The average molecular weight is 570 g/mol. The molecule has 0 saturated carbocycles. The van der Waals surface area contributed by atoms with Crippen LogP contribution in [0.15, 0.2) is 29.3 Å². The van der Waals surface area contributed by atoms with Gasteiger partial charge in [0.15, 0.2) is 0 Å². The zero-order valence-corrected chi connectivity index (χ0v) is 24.3. The van der Waals surface area contributed by atoms with Crippen molar-refractivity contribution in [3.05, 3.63) is 46.5 Å². The van der Waals surface area contributed by atoms with Crippen LogP contribution < -0.4 is 17.0 Å². The van der Waals surface area contributed by atoms with E-state index in [-0.39, 0.29) is 17.0 Å². The highest BCUT2D eigenvalue weighted by molar-refractivity contribution is 5.98. The first kappa shape index (κ1) is 31.0. The number of unbranched alkanes of at least 4 members (excludes halogenated alkanes) is 11. The molecular weight excluding hydrogens is 522 g/mol. The van der Waals surface area contributed by atoms with E-state index in [4.69, 9.17) is 0 Å². The Morgan fingerprint density at radius 1 is 0.917 bits per heavy atom. The number of fused-ring (bicyclic) bond motifs is 1. The Kier molecular flexibility index (Phi) is 13.1. The van der Waals surface area contributed by atoms with E-state index in [9.17, 15) is 13.9 Å². The highest BCUT2D eigenvalue weighted by Crippen LogP contribution is 2.39. The summed E-state index contributed by atoms with van der Waals surface area (Å²) in [5.74, 6) is -0.0477. The summed E-state index contributed by atoms with van der Waals surface area (Å²) in [5, 5.41) is 11.8. The molecule has 3 nitrogen and oxygen atoms in total. The SMILES string of the molecule is CCCCCCCCCCCCCCC1(O)C(C)=C(C)C2=[N+](Cc3ccc(F)cc3F)CCCN21.[Br-]. The Balaban J connectivity index is 0.00000456. The van der Waals surface area contributed by atoms with E-state index >= 15 is 0 Å². The topological polar surface area (TPSA) is 26.5 Å². The van der Waals surface area contributed by atoms with Crippen molar-refractivity contribution in [1.82, 2.24) is 4.90 Å². The smallest absolute Gasteiger partial charge is 0.277 e. The molecule has 0 saturated heterocycles. The molecular formula is C30H47BrF2N2O. The van der Waals surface area contributed by atoms with E-state index in [1.165, 1.54) is 76.3 Å². The minimum atomic E-state index is -0.947. The molecule has 36 heavy (non-hydrogen) atoms. The van der Waals surface area contributed by atoms with Crippen molar-refractivity contribution in [1.29, 1.82) is 0 Å². The molecule has 0 bridgehead atoms. The summed E-state index contributed by atoms with van der Waals surface area (Å²) in [7, 11) is 0. The predicted molar refractivity (Wildman–Crippen MR) is 141 cm³/mol. The maximum absolute atomic E-state index is 14.3. The lowest BCUT2D eigenvalue weighted by molar-refractivity contribution is -0.555. The van der Waals surface area contributed by atoms with Gasteiger partial charge in [0.2, 0.25) is 5.72 Å². The summed E-state index contributed by atoms with van der Waals surface area (Å²) in [5.41, 5.74) is 1.65. The molecule has 1 N–H and O–H groups in total. The largest absolute Gasteiger partial charge is 1.00 e. The summed E-state index contributed by atoms with van der Waals surface area (Å²) < 4.78 is 29.8. The summed E-state index contributed by atoms with van der Waals surface area (Å²) in [6, 6.07) is 3.80. The third-order valence-corrected chi connectivity index (χ3v) is 8.07. The van der Waals surface area contributed by atoms with Crippen LogP contribution in [0.2, 0.25) is 0 Å². The maximum Gasteiger partial charge on any atom is 0.277 e. The normalized spacial score (nSPS) is 19.7. The van der Waals surface area contributed by atoms with E-state index in [1.807, 2.05) is 6.92 Å². The fraction of sp³-hybridized carbons (Fsp3) is 0.700. The van der Waals surface area contributed by atoms with E-state index in [0.717, 1.165) is 61.8 Å². The van der Waals surface area contributed by atoms with Gasteiger partial charge >= 0.3 is 0 Å². The number of halogens is 3. The second kappa shape index (κ2) is 15.2. The second-order valence-corrected chi connectivity index (χ2v) is 10.7. The van der Waals surface area contributed by atoms with Gasteiger partial charge in [0, 0.05) is 35.6 Å². The highest BCUT2D eigenvalue weighted by atomic mass is 79.9. The Labute approximate surface area is 228 Å². The number of nitrogens with zero attached hydrogens (tertiary/aromatic N) is 2. The van der Waals surface area contributed by atoms with Crippen LogP contribution in [0.3, 0.4) is 0 Å². The first-order chi connectivity index (χ1) is 16.9. The van der Waals surface area contributed by atoms with Crippen LogP contribution in [-0.2, 0) is 6.54 Å². The van der Waals surface area contributed by atoms with Gasteiger partial charge in [-0.2, -0.15) is 0 Å². The summed E-state index contributed by atoms with van der Waals surface area (Å²) >= 11 is 0. The third-order valence-electron chi connectivity index (χ3n) is 8.07. The second-order valence-electron chi connectivity index (χ2n) is 10.7. The van der Waals surface area contributed by atoms with Gasteiger partial charge in [-0.25, -0.2) is 13.7 Å². The standard InChI is InChI=1S/C30H47F2N2O.BrH/c1-4-5-6-7-8-9-10-11-12-13-14-15-19-30(35)25(3)24(2)29-33(20-16-21-34(29)30)23-26-17-18-27(31)22-28(26)32;/h17-18,22,35H,4-16,19-21,23H2,1-3H3;1H/q+1;/p-1. The third kappa shape index (κ3) is 7.86. The van der Waals surface area contributed by atoms with Crippen molar-refractivity contribution in [2.24, 2.45) is 0 Å². The molecule has 0 spiro atoms. The number of rotatable bonds is 15. The van der Waals surface area contributed by atoms with Crippen LogP contribution in [0.5, 0.6) is 0 Å². The van der Waals surface area contributed by atoms with Crippen molar-refractivity contribution in [3.8, 4) is 0 Å². The summed E-state index contributed by atoms with van der Waals surface area (Å²) in [4.78, 5) is 2.14. The van der Waals surface area contributed by atoms with E-state index in [1.54, 1.807) is 0 Å². The molecule has 3 rings (SSSR count). The molecule has 204 valence electrons. The van der Waals surface area contributed by atoms with E-state index in [2.05, 4.69) is 23.3 Å². The van der Waals surface area contributed by atoms with Gasteiger partial charge in [-0.05, 0) is 32.4 Å². The summed E-state index contributed by atoms with van der Waals surface area (Å²) in [6.45, 7) is 8.37. The van der Waals surface area contributed by atoms with Gasteiger partial charge in [-0.15, -0.1) is 0 Å². The molecule has 1 aromatic carbocycles. The fourth-order valence-corrected chi connectivity index (χ4v) is 5.82. The van der Waals surface area contributed by atoms with E-state index < -0.39 is 17.4 Å². The Morgan fingerprint density at radius 3 is 2.08 bits per heavy atom. The molecule has 1 aromatic rings. The molecule has 0 aliphatic carbocycles. The van der Waals surface area contributed by atoms with Crippen molar-refractivity contribution in [2.45, 2.75) is 123 Å². The Hall–Kier alpha value is -1.27. The van der Waals surface area contributed by atoms with Gasteiger partial charge < -0.3 is 22.1 Å². The van der Waals surface area contributed by atoms with Crippen LogP contribution in [0.25, 0.3) is 0 Å². The van der Waals surface area contributed by atoms with Gasteiger partial charge in [-0.3, -0.25) is 4.58 Å². The van der Waals surface area contributed by atoms with Crippen molar-refractivity contribution < 1.29 is 35.4 Å². The molecule has 6 heteroatoms. The number of aliphatic hydroxyl groups is 1. The monoisotopic (exact) mass is 568 g/mol. The molecule has 2 aliphatic heterocycles. The molecule has 2 aliphatic rings. The Bertz CT molecular complexity index is 901. The van der Waals surface area contributed by atoms with Crippen molar-refractivity contribution in [2.75, 3.05) is 13.1 Å². The number of hydrogen-bond acceptors (Lipinski definition) is 2. The summed E-state index contributed by atoms with van der Waals surface area (Å²) in [6.07, 6.45) is 17.3.